The van der Waals surface area contributed by atoms with Crippen molar-refractivity contribution in [2.45, 2.75) is 17.4 Å². The predicted molar refractivity (Wildman–Crippen MR) is 105 cm³/mol. The first-order valence-corrected chi connectivity index (χ1v) is 11.1. The number of carbonyl (C=O) groups excluding carboxylic acids is 1. The molecule has 1 N–H and O–H groups in total. The first-order valence-electron chi connectivity index (χ1n) is 8.07. The predicted octanol–water partition coefficient (Wildman–Crippen LogP) is 2.96. The maximum absolute atomic E-state index is 12.7. The summed E-state index contributed by atoms with van der Waals surface area (Å²) in [5.41, 5.74) is 1.17. The van der Waals surface area contributed by atoms with Gasteiger partial charge in [-0.1, -0.05) is 24.3 Å². The van der Waals surface area contributed by atoms with Crippen LogP contribution in [0, 0.1) is 0 Å². The lowest BCUT2D eigenvalue weighted by molar-refractivity contribution is -0.122. The molecular formula is C18H20N2O4S2. The molecule has 1 amide bonds. The lowest BCUT2D eigenvalue weighted by Gasteiger charge is -2.20. The molecule has 0 unspecified atom stereocenters. The summed E-state index contributed by atoms with van der Waals surface area (Å²) in [5, 5.41) is 2.89. The molecule has 138 valence electrons. The molecule has 0 saturated carbocycles. The van der Waals surface area contributed by atoms with Crippen molar-refractivity contribution >= 4 is 39.1 Å². The molecule has 0 bridgehead atoms. The monoisotopic (exact) mass is 392 g/mol. The Bertz CT molecular complexity index is 915. The number of anilines is 2. The summed E-state index contributed by atoms with van der Waals surface area (Å²) in [7, 11) is -3.46. The summed E-state index contributed by atoms with van der Waals surface area (Å²) >= 11 is 1.54. The van der Waals surface area contributed by atoms with Crippen LogP contribution in [-0.4, -0.2) is 39.5 Å². The number of amides is 1. The van der Waals surface area contributed by atoms with Crippen molar-refractivity contribution in [3.63, 3.8) is 0 Å². The van der Waals surface area contributed by atoms with Gasteiger partial charge in [-0.05, 0) is 30.5 Å². The van der Waals surface area contributed by atoms with Gasteiger partial charge in [-0.3, -0.25) is 9.10 Å². The molecule has 3 rings (SSSR count). The van der Waals surface area contributed by atoms with Crippen molar-refractivity contribution < 1.29 is 17.9 Å². The minimum atomic E-state index is -3.46. The van der Waals surface area contributed by atoms with E-state index in [1.54, 1.807) is 24.3 Å². The number of thioether (sulfide) groups is 1. The highest BCUT2D eigenvalue weighted by Crippen LogP contribution is 2.34. The van der Waals surface area contributed by atoms with Crippen LogP contribution in [0.2, 0.25) is 0 Å². The minimum absolute atomic E-state index is 0.179. The van der Waals surface area contributed by atoms with Crippen LogP contribution in [-0.2, 0) is 14.8 Å². The molecule has 26 heavy (non-hydrogen) atoms. The summed E-state index contributed by atoms with van der Waals surface area (Å²) < 4.78 is 31.4. The highest BCUT2D eigenvalue weighted by Gasteiger charge is 2.31. The number of ether oxygens (including phenoxy) is 1. The molecule has 0 spiro atoms. The Morgan fingerprint density at radius 3 is 2.62 bits per heavy atom. The second-order valence-corrected chi connectivity index (χ2v) is 8.64. The van der Waals surface area contributed by atoms with Gasteiger partial charge in [0.1, 0.15) is 5.75 Å². The molecule has 0 aliphatic carbocycles. The minimum Gasteiger partial charge on any atom is -0.478 e. The quantitative estimate of drug-likeness (QED) is 0.810. The fourth-order valence-corrected chi connectivity index (χ4v) is 4.32. The summed E-state index contributed by atoms with van der Waals surface area (Å²) in [6, 6.07) is 14.4. The number of para-hydroxylation sites is 3. The highest BCUT2D eigenvalue weighted by molar-refractivity contribution is 7.98. The largest absolute Gasteiger partial charge is 0.478 e. The standard InChI is InChI=1S/C18H20N2O4S2/c1-25-17-10-6-3-7-13(17)19-18(21)16-11-12-20(26(2,22)23)14-8-4-5-9-15(14)24-16/h3-10,16H,11-12H2,1-2H3,(H,19,21)/t16-/m1/s1. The first kappa shape index (κ1) is 18.6. The molecule has 0 saturated heterocycles. The topological polar surface area (TPSA) is 75.7 Å². The first-order chi connectivity index (χ1) is 12.4. The van der Waals surface area contributed by atoms with Crippen molar-refractivity contribution in [2.24, 2.45) is 0 Å². The van der Waals surface area contributed by atoms with Crippen LogP contribution in [0.15, 0.2) is 53.4 Å². The Morgan fingerprint density at radius 2 is 1.88 bits per heavy atom. The van der Waals surface area contributed by atoms with E-state index >= 15 is 0 Å². The Kier molecular flexibility index (Phi) is 5.43. The Morgan fingerprint density at radius 1 is 1.19 bits per heavy atom. The van der Waals surface area contributed by atoms with E-state index in [2.05, 4.69) is 5.32 Å². The number of nitrogens with one attached hydrogen (secondary N) is 1. The lowest BCUT2D eigenvalue weighted by Crippen LogP contribution is -2.36. The summed E-state index contributed by atoms with van der Waals surface area (Å²) in [4.78, 5) is 13.7. The average Bonchev–Trinajstić information content (AvgIpc) is 2.81. The number of rotatable bonds is 4. The van der Waals surface area contributed by atoms with E-state index in [0.717, 1.165) is 11.2 Å². The molecule has 1 aliphatic heterocycles. The van der Waals surface area contributed by atoms with Gasteiger partial charge in [-0.2, -0.15) is 0 Å². The van der Waals surface area contributed by atoms with E-state index < -0.39 is 16.1 Å². The smallest absolute Gasteiger partial charge is 0.265 e. The maximum Gasteiger partial charge on any atom is 0.265 e. The molecule has 0 aromatic heterocycles. The Hall–Kier alpha value is -2.19. The normalized spacial score (nSPS) is 17.0. The number of hydrogen-bond acceptors (Lipinski definition) is 5. The maximum atomic E-state index is 12.7. The van der Waals surface area contributed by atoms with Crippen molar-refractivity contribution in [1.29, 1.82) is 0 Å². The van der Waals surface area contributed by atoms with E-state index in [9.17, 15) is 13.2 Å². The third kappa shape index (κ3) is 3.96. The van der Waals surface area contributed by atoms with Crippen molar-refractivity contribution in [2.75, 3.05) is 28.7 Å². The van der Waals surface area contributed by atoms with Crippen LogP contribution in [0.4, 0.5) is 11.4 Å². The van der Waals surface area contributed by atoms with Gasteiger partial charge in [0.15, 0.2) is 6.10 Å². The molecule has 1 atom stereocenters. The molecule has 2 aromatic carbocycles. The molecule has 1 heterocycles. The lowest BCUT2D eigenvalue weighted by atomic mass is 10.2. The van der Waals surface area contributed by atoms with Crippen molar-refractivity contribution in [1.82, 2.24) is 0 Å². The van der Waals surface area contributed by atoms with E-state index in [0.29, 0.717) is 17.1 Å². The molecule has 1 aliphatic rings. The van der Waals surface area contributed by atoms with Crippen LogP contribution >= 0.6 is 11.8 Å². The second-order valence-electron chi connectivity index (χ2n) is 5.89. The van der Waals surface area contributed by atoms with Gasteiger partial charge in [0.05, 0.1) is 17.6 Å². The zero-order chi connectivity index (χ0) is 18.7. The molecular weight excluding hydrogens is 372 g/mol. The number of nitrogens with zero attached hydrogens (tertiary/aromatic N) is 1. The SMILES string of the molecule is CSc1ccccc1NC(=O)[C@H]1CCN(S(C)(=O)=O)c2ccccc2O1. The van der Waals surface area contributed by atoms with Crippen LogP contribution in [0.3, 0.4) is 0 Å². The Balaban J connectivity index is 1.86. The van der Waals surface area contributed by atoms with Gasteiger partial charge in [0.25, 0.3) is 5.91 Å². The van der Waals surface area contributed by atoms with Crippen molar-refractivity contribution in [3.05, 3.63) is 48.5 Å². The molecule has 0 fully saturated rings. The molecule has 0 radical (unpaired) electrons. The fraction of sp³-hybridized carbons (Fsp3) is 0.278. The summed E-state index contributed by atoms with van der Waals surface area (Å²) in [5.74, 6) is 0.0883. The van der Waals surface area contributed by atoms with Gasteiger partial charge in [0.2, 0.25) is 10.0 Å². The fourth-order valence-electron chi connectivity index (χ4n) is 2.82. The van der Waals surface area contributed by atoms with Gasteiger partial charge in [-0.25, -0.2) is 8.42 Å². The van der Waals surface area contributed by atoms with Crippen molar-refractivity contribution in [3.8, 4) is 5.75 Å². The van der Waals surface area contributed by atoms with E-state index in [4.69, 9.17) is 4.74 Å². The van der Waals surface area contributed by atoms with E-state index in [-0.39, 0.29) is 18.9 Å². The Labute approximate surface area is 157 Å². The molecule has 2 aromatic rings. The van der Waals surface area contributed by atoms with Crippen LogP contribution in [0.5, 0.6) is 5.75 Å². The summed E-state index contributed by atoms with van der Waals surface area (Å²) in [6.07, 6.45) is 2.57. The third-order valence-corrected chi connectivity index (χ3v) is 6.03. The number of fused-ring (bicyclic) bond motifs is 1. The summed E-state index contributed by atoms with van der Waals surface area (Å²) in [6.45, 7) is 0.179. The second kappa shape index (κ2) is 7.59. The zero-order valence-corrected chi connectivity index (χ0v) is 16.1. The molecule has 8 heteroatoms. The van der Waals surface area contributed by atoms with E-state index in [1.807, 2.05) is 30.5 Å². The number of hydrogen-bond donors (Lipinski definition) is 1. The van der Waals surface area contributed by atoms with E-state index in [1.165, 1.54) is 16.1 Å². The van der Waals surface area contributed by atoms with Crippen LogP contribution < -0.4 is 14.4 Å². The average molecular weight is 393 g/mol. The number of sulfonamides is 1. The number of carbonyl (C=O) groups is 1. The van der Waals surface area contributed by atoms with Crippen LogP contribution in [0.25, 0.3) is 0 Å². The van der Waals surface area contributed by atoms with Gasteiger partial charge >= 0.3 is 0 Å². The van der Waals surface area contributed by atoms with Gasteiger partial charge in [-0.15, -0.1) is 11.8 Å². The zero-order valence-electron chi connectivity index (χ0n) is 14.5. The molecule has 6 nitrogen and oxygen atoms in total. The van der Waals surface area contributed by atoms with Gasteiger partial charge in [0, 0.05) is 17.9 Å². The third-order valence-electron chi connectivity index (χ3n) is 4.06. The van der Waals surface area contributed by atoms with Crippen LogP contribution in [0.1, 0.15) is 6.42 Å². The number of benzene rings is 2. The highest BCUT2D eigenvalue weighted by atomic mass is 32.2. The van der Waals surface area contributed by atoms with Gasteiger partial charge < -0.3 is 10.1 Å².